The van der Waals surface area contributed by atoms with Crippen LogP contribution in [0.4, 0.5) is 18.2 Å². The van der Waals surface area contributed by atoms with E-state index in [9.17, 15) is 27.6 Å². The molecule has 0 aliphatic carbocycles. The molecule has 0 saturated heterocycles. The van der Waals surface area contributed by atoms with Crippen molar-refractivity contribution in [3.63, 3.8) is 0 Å². The Labute approximate surface area is 175 Å². The molecule has 0 aliphatic heterocycles. The molecule has 0 bridgehead atoms. The van der Waals surface area contributed by atoms with Crippen molar-refractivity contribution in [1.82, 2.24) is 9.78 Å². The van der Waals surface area contributed by atoms with Crippen LogP contribution in [0.5, 0.6) is 0 Å². The minimum atomic E-state index is -4.70. The van der Waals surface area contributed by atoms with Crippen LogP contribution in [0.1, 0.15) is 49.9 Å². The van der Waals surface area contributed by atoms with Crippen LogP contribution in [0.25, 0.3) is 0 Å². The van der Waals surface area contributed by atoms with E-state index in [4.69, 9.17) is 5.73 Å². The minimum absolute atomic E-state index is 0.0000743. The summed E-state index contributed by atoms with van der Waals surface area (Å²) >= 11 is 3.61. The fourth-order valence-corrected chi connectivity index (χ4v) is 4.10. The lowest BCUT2D eigenvalue weighted by atomic mass is 10.1. The summed E-state index contributed by atoms with van der Waals surface area (Å²) < 4.78 is 44.5. The molecule has 13 heteroatoms. The Morgan fingerprint density at radius 1 is 1.31 bits per heavy atom. The molecule has 2 amide bonds. The van der Waals surface area contributed by atoms with E-state index in [2.05, 4.69) is 31.1 Å². The van der Waals surface area contributed by atoms with E-state index in [1.807, 2.05) is 0 Å². The molecule has 2 aromatic rings. The molecule has 0 spiro atoms. The predicted octanol–water partition coefficient (Wildman–Crippen LogP) is 3.43. The van der Waals surface area contributed by atoms with Crippen LogP contribution in [-0.4, -0.2) is 34.7 Å². The number of esters is 1. The largest absolute Gasteiger partial charge is 0.465 e. The maximum absolute atomic E-state index is 13.1. The molecule has 0 saturated carbocycles. The number of rotatable bonds is 5. The lowest BCUT2D eigenvalue weighted by molar-refractivity contribution is -0.142. The molecule has 158 valence electrons. The second-order valence-electron chi connectivity index (χ2n) is 5.97. The predicted molar refractivity (Wildman–Crippen MR) is 102 cm³/mol. The first-order chi connectivity index (χ1) is 13.3. The first kappa shape index (κ1) is 22.9. The number of carbonyl (C=O) groups excluding carboxylic acids is 3. The highest BCUT2D eigenvalue weighted by Gasteiger charge is 2.39. The van der Waals surface area contributed by atoms with Gasteiger partial charge in [0.2, 0.25) is 5.91 Å². The maximum Gasteiger partial charge on any atom is 0.436 e. The lowest BCUT2D eigenvalue weighted by Gasteiger charge is -2.14. The molecule has 0 aromatic carbocycles. The number of hydrogen-bond acceptors (Lipinski definition) is 6. The van der Waals surface area contributed by atoms with Crippen molar-refractivity contribution in [2.24, 2.45) is 5.73 Å². The zero-order valence-electron chi connectivity index (χ0n) is 15.6. The normalized spacial score (nSPS) is 12.6. The summed E-state index contributed by atoms with van der Waals surface area (Å²) in [6, 6.07) is -1.16. The van der Waals surface area contributed by atoms with Gasteiger partial charge in [-0.1, -0.05) is 0 Å². The summed E-state index contributed by atoms with van der Waals surface area (Å²) in [7, 11) is 1.13. The van der Waals surface area contributed by atoms with Gasteiger partial charge in [0, 0.05) is 0 Å². The Kier molecular flexibility index (Phi) is 6.42. The SMILES string of the molecule is COC(=O)c1c(NC(=O)C(C)n2nc(C(F)(F)F)c(Br)c2C)sc(C(N)=O)c1C. The number of thiophene rings is 1. The van der Waals surface area contributed by atoms with Crippen LogP contribution in [0.15, 0.2) is 4.47 Å². The highest BCUT2D eigenvalue weighted by atomic mass is 79.9. The Bertz CT molecular complexity index is 999. The number of amides is 2. The number of carbonyl (C=O) groups is 3. The van der Waals surface area contributed by atoms with Crippen LogP contribution in [-0.2, 0) is 15.7 Å². The number of nitrogens with one attached hydrogen (secondary N) is 1. The van der Waals surface area contributed by atoms with Crippen LogP contribution in [0.2, 0.25) is 0 Å². The highest BCUT2D eigenvalue weighted by molar-refractivity contribution is 9.10. The van der Waals surface area contributed by atoms with Crippen LogP contribution in [0.3, 0.4) is 0 Å². The van der Waals surface area contributed by atoms with Crippen molar-refractivity contribution in [3.8, 4) is 0 Å². The number of hydrogen-bond donors (Lipinski definition) is 2. The standard InChI is InChI=1S/C16H16BrF3N4O4S/c1-5-8(15(27)28-4)14(29-10(5)12(21)25)22-13(26)7(3)24-6(2)9(17)11(23-24)16(18,19)20/h7H,1-4H3,(H2,21,25)(H,22,26). The van der Waals surface area contributed by atoms with Gasteiger partial charge in [-0.15, -0.1) is 11.3 Å². The zero-order valence-corrected chi connectivity index (χ0v) is 18.0. The van der Waals surface area contributed by atoms with Gasteiger partial charge >= 0.3 is 12.1 Å². The molecule has 3 N–H and O–H groups in total. The van der Waals surface area contributed by atoms with E-state index in [-0.39, 0.29) is 31.2 Å². The van der Waals surface area contributed by atoms with Crippen LogP contribution < -0.4 is 11.1 Å². The van der Waals surface area contributed by atoms with E-state index in [1.165, 1.54) is 20.8 Å². The first-order valence-electron chi connectivity index (χ1n) is 7.95. The van der Waals surface area contributed by atoms with Crippen LogP contribution in [0, 0.1) is 13.8 Å². The van der Waals surface area contributed by atoms with Gasteiger partial charge in [-0.2, -0.15) is 18.3 Å². The van der Waals surface area contributed by atoms with Crippen LogP contribution >= 0.6 is 27.3 Å². The Morgan fingerprint density at radius 2 is 1.90 bits per heavy atom. The van der Waals surface area contributed by atoms with Gasteiger partial charge < -0.3 is 15.8 Å². The monoisotopic (exact) mass is 496 g/mol. The number of nitrogens with two attached hydrogens (primary N) is 1. The Balaban J connectivity index is 2.42. The van der Waals surface area contributed by atoms with E-state index in [0.29, 0.717) is 0 Å². The number of nitrogens with zero attached hydrogens (tertiary/aromatic N) is 2. The van der Waals surface area contributed by atoms with Gasteiger partial charge in [0.05, 0.1) is 27.7 Å². The molecule has 29 heavy (non-hydrogen) atoms. The van der Waals surface area contributed by atoms with Crippen molar-refractivity contribution >= 4 is 50.1 Å². The fourth-order valence-electron chi connectivity index (χ4n) is 2.57. The number of ether oxygens (including phenoxy) is 1. The number of methoxy groups -OCH3 is 1. The number of alkyl halides is 3. The molecule has 2 heterocycles. The molecular weight excluding hydrogens is 481 g/mol. The van der Waals surface area contributed by atoms with E-state index < -0.39 is 35.7 Å². The Hall–Kier alpha value is -2.41. The average molecular weight is 497 g/mol. The number of anilines is 1. The minimum Gasteiger partial charge on any atom is -0.465 e. The summed E-state index contributed by atoms with van der Waals surface area (Å²) in [4.78, 5) is 36.3. The van der Waals surface area contributed by atoms with Gasteiger partial charge in [-0.05, 0) is 42.3 Å². The van der Waals surface area contributed by atoms with Crippen molar-refractivity contribution in [2.45, 2.75) is 33.0 Å². The third-order valence-electron chi connectivity index (χ3n) is 4.09. The number of halogens is 4. The van der Waals surface area contributed by atoms with Gasteiger partial charge in [0.1, 0.15) is 11.0 Å². The molecule has 1 unspecified atom stereocenters. The van der Waals surface area contributed by atoms with Gasteiger partial charge in [-0.25, -0.2) is 4.79 Å². The fraction of sp³-hybridized carbons (Fsp3) is 0.375. The molecule has 8 nitrogen and oxygen atoms in total. The third kappa shape index (κ3) is 4.29. The summed E-state index contributed by atoms with van der Waals surface area (Å²) in [6.07, 6.45) is -4.70. The summed E-state index contributed by atoms with van der Waals surface area (Å²) in [5.41, 5.74) is 4.39. The number of primary amides is 1. The van der Waals surface area contributed by atoms with Gasteiger partial charge in [0.15, 0.2) is 5.69 Å². The highest BCUT2D eigenvalue weighted by Crippen LogP contribution is 2.37. The Morgan fingerprint density at radius 3 is 2.34 bits per heavy atom. The lowest BCUT2D eigenvalue weighted by Crippen LogP contribution is -2.26. The maximum atomic E-state index is 13.1. The van der Waals surface area contributed by atoms with Crippen molar-refractivity contribution in [2.75, 3.05) is 12.4 Å². The quantitative estimate of drug-likeness (QED) is 0.615. The third-order valence-corrected chi connectivity index (χ3v) is 6.26. The molecule has 0 fully saturated rings. The smallest absolute Gasteiger partial charge is 0.436 e. The molecule has 0 aliphatic rings. The topological polar surface area (TPSA) is 116 Å². The van der Waals surface area contributed by atoms with Crippen molar-refractivity contribution < 1.29 is 32.3 Å². The second kappa shape index (κ2) is 8.14. The van der Waals surface area contributed by atoms with E-state index in [1.54, 1.807) is 0 Å². The zero-order chi connectivity index (χ0) is 22.3. The van der Waals surface area contributed by atoms with E-state index >= 15 is 0 Å². The van der Waals surface area contributed by atoms with E-state index in [0.717, 1.165) is 23.1 Å². The number of aromatic nitrogens is 2. The van der Waals surface area contributed by atoms with Crippen molar-refractivity contribution in [1.29, 1.82) is 0 Å². The summed E-state index contributed by atoms with van der Waals surface area (Å²) in [5.74, 6) is -2.35. The summed E-state index contributed by atoms with van der Waals surface area (Å²) in [6.45, 7) is 4.18. The van der Waals surface area contributed by atoms with Gasteiger partial charge in [0.25, 0.3) is 5.91 Å². The van der Waals surface area contributed by atoms with Gasteiger partial charge in [-0.3, -0.25) is 14.3 Å². The summed E-state index contributed by atoms with van der Waals surface area (Å²) in [5, 5.41) is 5.94. The molecule has 2 aromatic heterocycles. The first-order valence-corrected chi connectivity index (χ1v) is 9.56. The second-order valence-corrected chi connectivity index (χ2v) is 7.79. The molecular formula is C16H16BrF3N4O4S. The van der Waals surface area contributed by atoms with Crippen molar-refractivity contribution in [3.05, 3.63) is 31.9 Å². The molecule has 0 radical (unpaired) electrons. The molecule has 1 atom stereocenters. The average Bonchev–Trinajstić information content (AvgIpc) is 3.11. The molecule has 2 rings (SSSR count).